The molecule has 8 heteroatoms. The number of furan rings is 2. The van der Waals surface area contributed by atoms with Crippen LogP contribution in [-0.4, -0.2) is 32.8 Å². The van der Waals surface area contributed by atoms with E-state index in [9.17, 15) is 0 Å². The topological polar surface area (TPSA) is 69.9 Å². The Labute approximate surface area is 431 Å². The maximum Gasteiger partial charge on any atom is 0 e. The smallest absolute Gasteiger partial charge is 0 e. The fourth-order valence-corrected chi connectivity index (χ4v) is 11.8. The first-order valence-corrected chi connectivity index (χ1v) is 31.6. The molecule has 0 atom stereocenters. The number of imidazole rings is 1. The number of fused-ring (bicyclic) bond motifs is 7. The number of benzene rings is 7. The van der Waals surface area contributed by atoms with Crippen LogP contribution >= 0.6 is 0 Å². The number of pyridine rings is 2. The van der Waals surface area contributed by atoms with Crippen LogP contribution in [0.3, 0.4) is 0 Å². The first kappa shape index (κ1) is 47.8. The summed E-state index contributed by atoms with van der Waals surface area (Å²) in [6.45, 7) is 11.1. The van der Waals surface area contributed by atoms with Crippen molar-refractivity contribution in [2.45, 2.75) is 63.7 Å². The van der Waals surface area contributed by atoms with Gasteiger partial charge in [-0.1, -0.05) is 124 Å². The Morgan fingerprint density at radius 3 is 1.76 bits per heavy atom. The number of rotatable bonds is 8. The number of hydrogen-bond donors (Lipinski definition) is 0. The van der Waals surface area contributed by atoms with Crippen LogP contribution in [0.15, 0.2) is 179 Å². The average Bonchev–Trinajstić information content (AvgIpc) is 4.07. The molecule has 0 saturated heterocycles. The summed E-state index contributed by atoms with van der Waals surface area (Å²) in [4.78, 5) is 14.4. The molecule has 0 fully saturated rings. The van der Waals surface area contributed by atoms with Crippen molar-refractivity contribution >= 4 is 72.6 Å². The maximum atomic E-state index is 6.73. The van der Waals surface area contributed by atoms with E-state index in [1.165, 1.54) is 37.9 Å². The molecule has 1 radical (unpaired) electrons. The SMILES string of the molecule is CC(C)c1cc(-c2ccccc2)cc(C(C)C)c1-n1c(-c2[c-]ccc3c2oc2cc(-c4ccccc4)ccc23)nc2ccccc21.Cc1cc2oc3c(-c4cc[c]([Ge]([CH3])([CH3])[CH3])cn4)[c-]ccc3c2cn1.[Ir]. The Bertz CT molecular complexity index is 3850. The van der Waals surface area contributed by atoms with Crippen molar-refractivity contribution in [2.75, 3.05) is 0 Å². The largest absolute Gasteiger partial charge is 0 e. The molecule has 0 spiro atoms. The molecule has 0 saturated carbocycles. The summed E-state index contributed by atoms with van der Waals surface area (Å²) in [6, 6.07) is 62.0. The van der Waals surface area contributed by atoms with Gasteiger partial charge in [0.25, 0.3) is 0 Å². The van der Waals surface area contributed by atoms with Crippen LogP contribution in [-0.2, 0) is 20.1 Å². The molecule has 5 heterocycles. The molecule has 7 aromatic carbocycles. The monoisotopic (exact) mass is 1170 g/mol. The van der Waals surface area contributed by atoms with Crippen LogP contribution in [0.5, 0.6) is 0 Å². The van der Waals surface area contributed by atoms with E-state index in [1.807, 2.05) is 49.6 Å². The van der Waals surface area contributed by atoms with Crippen molar-refractivity contribution < 1.29 is 28.9 Å². The maximum absolute atomic E-state index is 6.73. The molecule has 12 aromatic rings. The second-order valence-electron chi connectivity index (χ2n) is 19.9. The van der Waals surface area contributed by atoms with Crippen LogP contribution in [0.1, 0.15) is 56.4 Å². The number of aromatic nitrogens is 4. The minimum Gasteiger partial charge on any atom is 0 e. The van der Waals surface area contributed by atoms with E-state index >= 15 is 0 Å². The second-order valence-corrected chi connectivity index (χ2v) is 30.6. The fourth-order valence-electron chi connectivity index (χ4n) is 9.66. The molecule has 71 heavy (non-hydrogen) atoms. The predicted molar refractivity (Wildman–Crippen MR) is 293 cm³/mol. The normalized spacial score (nSPS) is 11.8. The average molecular weight is 1160 g/mol. The molecule has 0 bridgehead atoms. The van der Waals surface area contributed by atoms with Crippen LogP contribution in [0.2, 0.25) is 17.3 Å². The zero-order valence-corrected chi connectivity index (χ0v) is 45.8. The number of hydrogen-bond acceptors (Lipinski definition) is 5. The summed E-state index contributed by atoms with van der Waals surface area (Å²) in [6.07, 6.45) is 3.90. The van der Waals surface area contributed by atoms with E-state index in [0.29, 0.717) is 0 Å². The van der Waals surface area contributed by atoms with Gasteiger partial charge in [-0.15, -0.1) is 18.2 Å². The molecule has 6 nitrogen and oxygen atoms in total. The quantitative estimate of drug-likeness (QED) is 0.112. The third-order valence-electron chi connectivity index (χ3n) is 13.4. The minimum atomic E-state index is -1.85. The van der Waals surface area contributed by atoms with Gasteiger partial charge < -0.3 is 8.98 Å². The van der Waals surface area contributed by atoms with Gasteiger partial charge in [0.1, 0.15) is 5.58 Å². The summed E-state index contributed by atoms with van der Waals surface area (Å²) in [5.41, 5.74) is 17.5. The first-order chi connectivity index (χ1) is 33.9. The van der Waals surface area contributed by atoms with Crippen molar-refractivity contribution in [3.05, 3.63) is 199 Å². The van der Waals surface area contributed by atoms with E-state index in [1.54, 1.807) is 0 Å². The van der Waals surface area contributed by atoms with Gasteiger partial charge in [0, 0.05) is 31.2 Å². The van der Waals surface area contributed by atoms with E-state index in [-0.39, 0.29) is 31.9 Å². The molecule has 0 aliphatic carbocycles. The Kier molecular flexibility index (Phi) is 13.0. The summed E-state index contributed by atoms with van der Waals surface area (Å²) >= 11 is -1.85. The Morgan fingerprint density at radius 2 is 1.13 bits per heavy atom. The molecule has 0 aliphatic heterocycles. The standard InChI is InChI=1S/C43H35N2O.C20H19GeN2O.Ir/c1-27(2)36-24-32(30-16-9-6-10-17-30)25-37(28(3)4)41(36)45-39-21-12-11-20-38(39)44-43(45)35-19-13-18-34-33-23-22-31(26-40(33)46-42(34)35)29-14-7-5-8-15-29;1-13-10-19-17(12-22-13)15-6-5-7-16(20(15)24-19)18-9-8-14(11-23-18)21(2,3)4;/h5-18,20-28H,1-4H3;5-6,8-12H,1-4H3;/q2*-1;. The van der Waals surface area contributed by atoms with Gasteiger partial charge in [-0.3, -0.25) is 4.98 Å². The number of aryl methyl sites for hydroxylation is 1. The van der Waals surface area contributed by atoms with Crippen LogP contribution in [0.25, 0.3) is 105 Å². The summed E-state index contributed by atoms with van der Waals surface area (Å²) in [5.74, 6) is 8.53. The van der Waals surface area contributed by atoms with E-state index in [0.717, 1.165) is 88.8 Å². The van der Waals surface area contributed by atoms with Gasteiger partial charge in [-0.25, -0.2) is 0 Å². The predicted octanol–water partition coefficient (Wildman–Crippen LogP) is 16.7. The fraction of sp³-hybridized carbons (Fsp3) is 0.159. The molecular weight excluding hydrogens is 1110 g/mol. The summed E-state index contributed by atoms with van der Waals surface area (Å²) in [7, 11) is 0. The molecule has 0 amide bonds. The first-order valence-electron chi connectivity index (χ1n) is 24.2. The molecule has 0 N–H and O–H groups in total. The Morgan fingerprint density at radius 1 is 0.535 bits per heavy atom. The van der Waals surface area contributed by atoms with Gasteiger partial charge in [-0.2, -0.15) is 0 Å². The van der Waals surface area contributed by atoms with Crippen LogP contribution in [0, 0.1) is 19.1 Å². The molecule has 0 aliphatic rings. The van der Waals surface area contributed by atoms with Crippen LogP contribution in [0.4, 0.5) is 0 Å². The van der Waals surface area contributed by atoms with Gasteiger partial charge in [0.15, 0.2) is 0 Å². The number of nitrogens with zero attached hydrogens (tertiary/aromatic N) is 4. The van der Waals surface area contributed by atoms with Crippen molar-refractivity contribution in [3.63, 3.8) is 0 Å². The third kappa shape index (κ3) is 8.97. The van der Waals surface area contributed by atoms with Crippen molar-refractivity contribution in [3.8, 4) is 50.6 Å². The van der Waals surface area contributed by atoms with Crippen LogP contribution < -0.4 is 4.40 Å². The van der Waals surface area contributed by atoms with E-state index in [4.69, 9.17) is 18.8 Å². The van der Waals surface area contributed by atoms with Gasteiger partial charge in [0.2, 0.25) is 0 Å². The summed E-state index contributed by atoms with van der Waals surface area (Å²) in [5, 5.41) is 4.25. The molecule has 5 aromatic heterocycles. The second kappa shape index (κ2) is 19.4. The van der Waals surface area contributed by atoms with Gasteiger partial charge >= 0.3 is 144 Å². The molecule has 12 rings (SSSR count). The van der Waals surface area contributed by atoms with Crippen molar-refractivity contribution in [1.82, 2.24) is 19.5 Å². The molecule has 0 unspecified atom stereocenters. The van der Waals surface area contributed by atoms with E-state index < -0.39 is 13.3 Å². The molecular formula is C63H54GeIrN4O2-2. The van der Waals surface area contributed by atoms with Gasteiger partial charge in [-0.05, 0) is 75.5 Å². The Hall–Kier alpha value is -6.90. The number of para-hydroxylation sites is 2. The molecule has 353 valence electrons. The Balaban J connectivity index is 0.000000196. The van der Waals surface area contributed by atoms with E-state index in [2.05, 4.69) is 194 Å². The van der Waals surface area contributed by atoms with Gasteiger partial charge in [0.05, 0.1) is 22.4 Å². The minimum absolute atomic E-state index is 0. The van der Waals surface area contributed by atoms with Crippen molar-refractivity contribution in [1.29, 1.82) is 0 Å². The zero-order chi connectivity index (χ0) is 48.3. The third-order valence-corrected chi connectivity index (χ3v) is 17.7. The zero-order valence-electron chi connectivity index (χ0n) is 41.3. The van der Waals surface area contributed by atoms with Crippen molar-refractivity contribution in [2.24, 2.45) is 0 Å². The summed E-state index contributed by atoms with van der Waals surface area (Å²) < 4.78 is 16.6.